The molecular formula is C27H32N6O2. The summed E-state index contributed by atoms with van der Waals surface area (Å²) >= 11 is 0. The van der Waals surface area contributed by atoms with Gasteiger partial charge in [0.1, 0.15) is 11.6 Å². The van der Waals surface area contributed by atoms with E-state index in [1.807, 2.05) is 36.4 Å². The Morgan fingerprint density at radius 3 is 2.69 bits per heavy atom. The predicted molar refractivity (Wildman–Crippen MR) is 141 cm³/mol. The van der Waals surface area contributed by atoms with Crippen LogP contribution >= 0.6 is 0 Å². The molecule has 2 aromatic carbocycles. The van der Waals surface area contributed by atoms with E-state index in [1.54, 1.807) is 13.3 Å². The second kappa shape index (κ2) is 11.5. The summed E-state index contributed by atoms with van der Waals surface area (Å²) in [4.78, 5) is 25.3. The molecule has 2 N–H and O–H groups in total. The lowest BCUT2D eigenvalue weighted by Crippen LogP contribution is -2.44. The van der Waals surface area contributed by atoms with Gasteiger partial charge in [0.25, 0.3) is 0 Å². The van der Waals surface area contributed by atoms with E-state index < -0.39 is 0 Å². The first-order chi connectivity index (χ1) is 17.0. The number of piperazine rings is 1. The van der Waals surface area contributed by atoms with Crippen molar-refractivity contribution in [1.82, 2.24) is 14.9 Å². The number of carbonyl (C=O) groups excluding carboxylic acids is 1. The number of rotatable bonds is 10. The van der Waals surface area contributed by atoms with E-state index in [0.717, 1.165) is 54.4 Å². The van der Waals surface area contributed by atoms with E-state index >= 15 is 0 Å². The van der Waals surface area contributed by atoms with Crippen molar-refractivity contribution >= 4 is 28.9 Å². The van der Waals surface area contributed by atoms with Gasteiger partial charge in [0.05, 0.1) is 12.8 Å². The van der Waals surface area contributed by atoms with Crippen molar-refractivity contribution in [3.8, 4) is 5.75 Å². The third kappa shape index (κ3) is 6.58. The van der Waals surface area contributed by atoms with Crippen LogP contribution in [-0.2, 0) is 17.8 Å². The molecule has 4 rings (SSSR count). The summed E-state index contributed by atoms with van der Waals surface area (Å²) in [6.07, 6.45) is 3.42. The van der Waals surface area contributed by atoms with Crippen LogP contribution in [0.1, 0.15) is 11.1 Å². The van der Waals surface area contributed by atoms with E-state index in [0.29, 0.717) is 24.7 Å². The van der Waals surface area contributed by atoms with Crippen LogP contribution in [-0.4, -0.2) is 61.0 Å². The van der Waals surface area contributed by atoms with Gasteiger partial charge in [-0.25, -0.2) is 4.98 Å². The summed E-state index contributed by atoms with van der Waals surface area (Å²) in [5.41, 5.74) is 3.98. The average Bonchev–Trinajstić information content (AvgIpc) is 2.88. The Kier molecular flexibility index (Phi) is 7.95. The molecule has 182 valence electrons. The molecule has 0 amide bonds. The minimum absolute atomic E-state index is 0.00798. The second-order valence-electron chi connectivity index (χ2n) is 8.59. The molecule has 2 heterocycles. The molecule has 0 atom stereocenters. The number of aromatic nitrogens is 2. The maximum atomic E-state index is 11.6. The van der Waals surface area contributed by atoms with E-state index in [2.05, 4.69) is 56.2 Å². The van der Waals surface area contributed by atoms with Crippen LogP contribution in [0.4, 0.5) is 23.1 Å². The molecule has 1 aliphatic rings. The lowest BCUT2D eigenvalue weighted by molar-refractivity contribution is -0.114. The highest BCUT2D eigenvalue weighted by molar-refractivity contribution is 5.90. The minimum Gasteiger partial charge on any atom is -0.494 e. The number of carbonyl (C=O) groups is 1. The van der Waals surface area contributed by atoms with Crippen LogP contribution in [0.25, 0.3) is 0 Å². The molecule has 1 aliphatic heterocycles. The van der Waals surface area contributed by atoms with Crippen molar-refractivity contribution in [2.75, 3.05) is 55.9 Å². The lowest BCUT2D eigenvalue weighted by Gasteiger charge is -2.34. The van der Waals surface area contributed by atoms with Gasteiger partial charge in [0, 0.05) is 57.1 Å². The number of allylic oxidation sites excluding steroid dienone is 1. The maximum absolute atomic E-state index is 11.6. The van der Waals surface area contributed by atoms with E-state index in [1.165, 1.54) is 6.08 Å². The lowest BCUT2D eigenvalue weighted by atomic mass is 10.1. The van der Waals surface area contributed by atoms with Gasteiger partial charge < -0.3 is 25.2 Å². The van der Waals surface area contributed by atoms with Crippen molar-refractivity contribution < 1.29 is 9.53 Å². The summed E-state index contributed by atoms with van der Waals surface area (Å²) < 4.78 is 5.65. The molecule has 1 fully saturated rings. The third-order valence-electron chi connectivity index (χ3n) is 6.03. The molecule has 0 bridgehead atoms. The first-order valence-corrected chi connectivity index (χ1v) is 11.7. The molecule has 35 heavy (non-hydrogen) atoms. The van der Waals surface area contributed by atoms with Crippen molar-refractivity contribution in [1.29, 1.82) is 0 Å². The third-order valence-corrected chi connectivity index (χ3v) is 6.03. The zero-order chi connectivity index (χ0) is 24.6. The Morgan fingerprint density at radius 1 is 1.11 bits per heavy atom. The molecular weight excluding hydrogens is 440 g/mol. The van der Waals surface area contributed by atoms with Crippen molar-refractivity contribution in [2.45, 2.75) is 13.0 Å². The Hall–Kier alpha value is -3.91. The Bertz CT molecular complexity index is 1170. The molecule has 0 radical (unpaired) electrons. The van der Waals surface area contributed by atoms with Crippen molar-refractivity contribution in [3.05, 3.63) is 78.5 Å². The molecule has 0 aliphatic carbocycles. The minimum atomic E-state index is 0.00798. The number of ether oxygens (including phenoxy) is 1. The maximum Gasteiger partial charge on any atom is 0.229 e. The van der Waals surface area contributed by atoms with Crippen molar-refractivity contribution in [2.24, 2.45) is 0 Å². The number of anilines is 4. The molecule has 3 aromatic rings. The van der Waals surface area contributed by atoms with Gasteiger partial charge in [-0.1, -0.05) is 30.8 Å². The Labute approximate surface area is 206 Å². The molecule has 8 nitrogen and oxygen atoms in total. The molecule has 0 saturated carbocycles. The quantitative estimate of drug-likeness (QED) is 0.430. The van der Waals surface area contributed by atoms with Gasteiger partial charge in [-0.15, -0.1) is 0 Å². The van der Waals surface area contributed by atoms with Gasteiger partial charge in [-0.3, -0.25) is 4.79 Å². The normalized spacial score (nSPS) is 13.8. The van der Waals surface area contributed by atoms with Crippen LogP contribution in [0.5, 0.6) is 5.75 Å². The second-order valence-corrected chi connectivity index (χ2v) is 8.59. The Morgan fingerprint density at radius 2 is 1.91 bits per heavy atom. The van der Waals surface area contributed by atoms with E-state index in [-0.39, 0.29) is 5.78 Å². The monoisotopic (exact) mass is 472 g/mol. The number of nitrogens with one attached hydrogen (secondary N) is 2. The summed E-state index contributed by atoms with van der Waals surface area (Å²) in [5, 5.41) is 6.60. The number of nitrogens with zero attached hydrogens (tertiary/aromatic N) is 4. The van der Waals surface area contributed by atoms with E-state index in [9.17, 15) is 4.79 Å². The number of methoxy groups -OCH3 is 1. The van der Waals surface area contributed by atoms with Crippen LogP contribution in [0, 0.1) is 0 Å². The van der Waals surface area contributed by atoms with Gasteiger partial charge in [-0.2, -0.15) is 4.98 Å². The summed E-state index contributed by atoms with van der Waals surface area (Å²) in [7, 11) is 3.82. The highest BCUT2D eigenvalue weighted by Gasteiger charge is 2.16. The van der Waals surface area contributed by atoms with Crippen LogP contribution in [0.3, 0.4) is 0 Å². The first kappa shape index (κ1) is 24.2. The average molecular weight is 473 g/mol. The number of benzene rings is 2. The van der Waals surface area contributed by atoms with E-state index in [4.69, 9.17) is 4.74 Å². The number of likely N-dealkylation sites (N-methyl/N-ethyl adjacent to an activating group) is 1. The molecule has 1 saturated heterocycles. The highest BCUT2D eigenvalue weighted by Crippen LogP contribution is 2.32. The highest BCUT2D eigenvalue weighted by atomic mass is 16.5. The predicted octanol–water partition coefficient (Wildman–Crippen LogP) is 3.89. The summed E-state index contributed by atoms with van der Waals surface area (Å²) in [6, 6.07) is 15.9. The fourth-order valence-electron chi connectivity index (χ4n) is 4.00. The van der Waals surface area contributed by atoms with Gasteiger partial charge in [0.2, 0.25) is 5.95 Å². The topological polar surface area (TPSA) is 82.6 Å². The molecule has 0 unspecified atom stereocenters. The fraction of sp³-hybridized carbons (Fsp3) is 0.296. The van der Waals surface area contributed by atoms with Gasteiger partial charge in [-0.05, 0) is 42.4 Å². The van der Waals surface area contributed by atoms with Crippen LogP contribution in [0.2, 0.25) is 0 Å². The SMILES string of the molecule is C=CC(=O)Cc1cccc(CNc2ccnc(Nc3ccc(N4CCN(C)CC4)cc3OC)n2)c1. The zero-order valence-electron chi connectivity index (χ0n) is 20.3. The Balaban J connectivity index is 1.41. The number of ketones is 1. The van der Waals surface area contributed by atoms with Crippen LogP contribution in [0.15, 0.2) is 67.4 Å². The van der Waals surface area contributed by atoms with Crippen LogP contribution < -0.4 is 20.3 Å². The van der Waals surface area contributed by atoms with Gasteiger partial charge >= 0.3 is 0 Å². The summed E-state index contributed by atoms with van der Waals surface area (Å²) in [6.45, 7) is 8.21. The standard InChI is InChI=1S/C27H32N6O2/c1-4-23(34)17-20-6-5-7-21(16-20)19-29-26-10-11-28-27(31-26)30-24-9-8-22(18-25(24)35-3)33-14-12-32(2)13-15-33/h4-11,16,18H,1,12-15,17,19H2,2-3H3,(H2,28,29,30,31). The van der Waals surface area contributed by atoms with Gasteiger partial charge in [0.15, 0.2) is 5.78 Å². The summed E-state index contributed by atoms with van der Waals surface area (Å²) in [5.74, 6) is 1.93. The first-order valence-electron chi connectivity index (χ1n) is 11.7. The molecule has 1 aromatic heterocycles. The smallest absolute Gasteiger partial charge is 0.229 e. The number of hydrogen-bond donors (Lipinski definition) is 2. The largest absolute Gasteiger partial charge is 0.494 e. The fourth-order valence-corrected chi connectivity index (χ4v) is 4.00. The molecule has 8 heteroatoms. The number of hydrogen-bond acceptors (Lipinski definition) is 8. The zero-order valence-corrected chi connectivity index (χ0v) is 20.3. The molecule has 0 spiro atoms. The van der Waals surface area contributed by atoms with Crippen molar-refractivity contribution in [3.63, 3.8) is 0 Å².